The van der Waals surface area contributed by atoms with E-state index in [2.05, 4.69) is 19.9 Å². The molecule has 2 saturated carbocycles. The molecular weight excluding hydrogens is 540 g/mol. The lowest BCUT2D eigenvalue weighted by Gasteiger charge is -2.54. The normalized spacial score (nSPS) is 32.0. The third-order valence-electron chi connectivity index (χ3n) is 10.9. The van der Waals surface area contributed by atoms with Crippen LogP contribution >= 0.6 is 0 Å². The van der Waals surface area contributed by atoms with E-state index in [9.17, 15) is 14.4 Å². The van der Waals surface area contributed by atoms with Gasteiger partial charge in [-0.25, -0.2) is 9.59 Å². The summed E-state index contributed by atoms with van der Waals surface area (Å²) in [5.41, 5.74) is 3.26. The number of esters is 3. The van der Waals surface area contributed by atoms with Crippen molar-refractivity contribution >= 4 is 17.9 Å². The van der Waals surface area contributed by atoms with Gasteiger partial charge in [0, 0.05) is 19.3 Å². The molecule has 2 aromatic carbocycles. The lowest BCUT2D eigenvalue weighted by Crippen LogP contribution is -2.47. The van der Waals surface area contributed by atoms with Crippen LogP contribution in [0, 0.1) is 28.6 Å². The van der Waals surface area contributed by atoms with Gasteiger partial charge in [0.25, 0.3) is 0 Å². The maximum Gasteiger partial charge on any atom is 0.338 e. The van der Waals surface area contributed by atoms with E-state index >= 15 is 0 Å². The monoisotopic (exact) mass is 582 g/mol. The second-order valence-electron chi connectivity index (χ2n) is 13.5. The molecule has 6 rings (SSSR count). The Bertz CT molecular complexity index is 1460. The second-order valence-corrected chi connectivity index (χ2v) is 13.5. The summed E-state index contributed by atoms with van der Waals surface area (Å²) in [7, 11) is 0. The number of ether oxygens (including phenoxy) is 3. The molecule has 226 valence electrons. The Morgan fingerprint density at radius 1 is 0.884 bits per heavy atom. The van der Waals surface area contributed by atoms with Crippen LogP contribution in [0.15, 0.2) is 83.6 Å². The number of hydrogen-bond acceptors (Lipinski definition) is 6. The Kier molecular flexibility index (Phi) is 7.82. The maximum absolute atomic E-state index is 12.9. The summed E-state index contributed by atoms with van der Waals surface area (Å²) in [6.07, 6.45) is 7.87. The molecule has 0 heterocycles. The SMILES string of the molecule is CC(=O)OC1=C2C(=CC[C@@H]3C[C@H](OC(=O)c4ccccc4)CC[C@]23C)[C@@H]2CC[C@H]([C@@H](C)OC(=O)c3ccccc3)[C@@]2(C)C1. The van der Waals surface area contributed by atoms with Crippen molar-refractivity contribution < 1.29 is 28.6 Å². The van der Waals surface area contributed by atoms with Crippen molar-refractivity contribution in [1.82, 2.24) is 0 Å². The van der Waals surface area contributed by atoms with Crippen LogP contribution in [0.25, 0.3) is 0 Å². The molecule has 6 nitrogen and oxygen atoms in total. The number of carbonyl (C=O) groups is 3. The fraction of sp³-hybridized carbons (Fsp3) is 0.486. The fourth-order valence-corrected chi connectivity index (χ4v) is 8.83. The molecular formula is C37H42O6. The van der Waals surface area contributed by atoms with Crippen LogP contribution in [-0.4, -0.2) is 30.1 Å². The van der Waals surface area contributed by atoms with Crippen molar-refractivity contribution in [3.05, 3.63) is 94.8 Å². The van der Waals surface area contributed by atoms with Crippen LogP contribution < -0.4 is 0 Å². The van der Waals surface area contributed by atoms with E-state index in [1.807, 2.05) is 43.3 Å². The highest BCUT2D eigenvalue weighted by Crippen LogP contribution is 2.66. The summed E-state index contributed by atoms with van der Waals surface area (Å²) in [6, 6.07) is 18.3. The first-order valence-corrected chi connectivity index (χ1v) is 15.7. The highest BCUT2D eigenvalue weighted by molar-refractivity contribution is 5.90. The highest BCUT2D eigenvalue weighted by atomic mass is 16.5. The predicted octanol–water partition coefficient (Wildman–Crippen LogP) is 7.85. The molecule has 0 radical (unpaired) electrons. The van der Waals surface area contributed by atoms with E-state index in [1.54, 1.807) is 24.3 Å². The molecule has 6 heteroatoms. The van der Waals surface area contributed by atoms with Crippen molar-refractivity contribution in [2.75, 3.05) is 0 Å². The molecule has 2 aromatic rings. The molecule has 43 heavy (non-hydrogen) atoms. The largest absolute Gasteiger partial charge is 0.459 e. The first-order chi connectivity index (χ1) is 20.6. The fourth-order valence-electron chi connectivity index (χ4n) is 8.83. The van der Waals surface area contributed by atoms with Gasteiger partial charge < -0.3 is 14.2 Å². The zero-order valence-electron chi connectivity index (χ0n) is 25.6. The van der Waals surface area contributed by atoms with E-state index in [1.165, 1.54) is 18.1 Å². The highest BCUT2D eigenvalue weighted by Gasteiger charge is 2.59. The quantitative estimate of drug-likeness (QED) is 0.255. The van der Waals surface area contributed by atoms with E-state index in [0.717, 1.165) is 44.3 Å². The third kappa shape index (κ3) is 5.34. The van der Waals surface area contributed by atoms with Crippen molar-refractivity contribution in [3.8, 4) is 0 Å². The molecule has 0 N–H and O–H groups in total. The third-order valence-corrected chi connectivity index (χ3v) is 10.9. The first-order valence-electron chi connectivity index (χ1n) is 15.7. The van der Waals surface area contributed by atoms with E-state index < -0.39 is 0 Å². The van der Waals surface area contributed by atoms with Gasteiger partial charge in [-0.05, 0) is 104 Å². The van der Waals surface area contributed by atoms with Gasteiger partial charge in [-0.3, -0.25) is 4.79 Å². The van der Waals surface area contributed by atoms with Gasteiger partial charge in [0.15, 0.2) is 0 Å². The Labute approximate surface area is 254 Å². The average molecular weight is 583 g/mol. The molecule has 4 aliphatic carbocycles. The van der Waals surface area contributed by atoms with Gasteiger partial charge in [0.05, 0.1) is 11.1 Å². The summed E-state index contributed by atoms with van der Waals surface area (Å²) in [5.74, 6) is 0.619. The Morgan fingerprint density at radius 3 is 2.19 bits per heavy atom. The van der Waals surface area contributed by atoms with Gasteiger partial charge in [-0.2, -0.15) is 0 Å². The van der Waals surface area contributed by atoms with Crippen LogP contribution in [0.3, 0.4) is 0 Å². The minimum absolute atomic E-state index is 0.136. The number of carbonyl (C=O) groups excluding carboxylic acids is 3. The lowest BCUT2D eigenvalue weighted by molar-refractivity contribution is -0.138. The molecule has 2 fully saturated rings. The van der Waals surface area contributed by atoms with Crippen molar-refractivity contribution in [3.63, 3.8) is 0 Å². The summed E-state index contributed by atoms with van der Waals surface area (Å²) in [4.78, 5) is 38.2. The number of rotatable bonds is 6. The van der Waals surface area contributed by atoms with E-state index in [0.29, 0.717) is 23.5 Å². The van der Waals surface area contributed by atoms with Gasteiger partial charge in [0.2, 0.25) is 0 Å². The zero-order chi connectivity index (χ0) is 30.4. The number of benzene rings is 2. The van der Waals surface area contributed by atoms with E-state index in [4.69, 9.17) is 14.2 Å². The Balaban J connectivity index is 1.25. The van der Waals surface area contributed by atoms with Gasteiger partial charge in [-0.15, -0.1) is 0 Å². The van der Waals surface area contributed by atoms with Crippen molar-refractivity contribution in [1.29, 1.82) is 0 Å². The molecule has 4 aliphatic rings. The lowest BCUT2D eigenvalue weighted by atomic mass is 9.51. The summed E-state index contributed by atoms with van der Waals surface area (Å²) in [6.45, 7) is 8.09. The van der Waals surface area contributed by atoms with Crippen LogP contribution in [0.4, 0.5) is 0 Å². The molecule has 0 unspecified atom stereocenters. The summed E-state index contributed by atoms with van der Waals surface area (Å²) in [5, 5.41) is 0. The molecule has 0 saturated heterocycles. The molecule has 7 atom stereocenters. The zero-order valence-corrected chi connectivity index (χ0v) is 25.6. The van der Waals surface area contributed by atoms with Crippen LogP contribution in [0.1, 0.15) is 93.4 Å². The minimum atomic E-state index is -0.307. The maximum atomic E-state index is 12.9. The smallest absolute Gasteiger partial charge is 0.338 e. The molecule has 0 aromatic heterocycles. The van der Waals surface area contributed by atoms with Crippen molar-refractivity contribution in [2.24, 2.45) is 28.6 Å². The molecule has 0 aliphatic heterocycles. The standard InChI is InChI=1S/C37H42O6/c1-23(41-34(39)25-11-7-5-8-12-25)30-17-18-31-29-16-15-27-21-28(43-35(40)26-13-9-6-10-14-26)19-20-36(27,3)33(29)32(42-24(2)38)22-37(30,31)4/h5-14,16,23,27-28,30-31H,15,17-22H2,1-4H3/t23-,27-,28-,30-,31+,36+,37-/m1/s1. The summed E-state index contributed by atoms with van der Waals surface area (Å²) >= 11 is 0. The number of fused-ring (bicyclic) bond motifs is 5. The molecule has 0 bridgehead atoms. The van der Waals surface area contributed by atoms with Gasteiger partial charge >= 0.3 is 17.9 Å². The number of allylic oxidation sites excluding steroid dienone is 4. The summed E-state index contributed by atoms with van der Waals surface area (Å²) < 4.78 is 18.1. The predicted molar refractivity (Wildman–Crippen MR) is 163 cm³/mol. The Morgan fingerprint density at radius 2 is 1.53 bits per heavy atom. The van der Waals surface area contributed by atoms with Crippen LogP contribution in [-0.2, 0) is 19.0 Å². The second kappa shape index (κ2) is 11.4. The number of hydrogen-bond donors (Lipinski definition) is 0. The Hall–Kier alpha value is -3.67. The van der Waals surface area contributed by atoms with Crippen LogP contribution in [0.5, 0.6) is 0 Å². The van der Waals surface area contributed by atoms with Crippen LogP contribution in [0.2, 0.25) is 0 Å². The molecule has 0 amide bonds. The van der Waals surface area contributed by atoms with Crippen molar-refractivity contribution in [2.45, 2.75) is 84.8 Å². The first kappa shape index (κ1) is 29.4. The minimum Gasteiger partial charge on any atom is -0.459 e. The average Bonchev–Trinajstić information content (AvgIpc) is 3.34. The topological polar surface area (TPSA) is 78.9 Å². The molecule has 0 spiro atoms. The van der Waals surface area contributed by atoms with Gasteiger partial charge in [-0.1, -0.05) is 56.3 Å². The van der Waals surface area contributed by atoms with Gasteiger partial charge in [0.1, 0.15) is 18.0 Å². The van der Waals surface area contributed by atoms with E-state index in [-0.39, 0.29) is 52.8 Å².